The van der Waals surface area contributed by atoms with E-state index in [-0.39, 0.29) is 0 Å². The van der Waals surface area contributed by atoms with Crippen molar-refractivity contribution in [1.29, 1.82) is 0 Å². The van der Waals surface area contributed by atoms with Gasteiger partial charge in [-0.3, -0.25) is 0 Å². The summed E-state index contributed by atoms with van der Waals surface area (Å²) < 4.78 is 0. The van der Waals surface area contributed by atoms with E-state index >= 15 is 0 Å². The van der Waals surface area contributed by atoms with Gasteiger partial charge in [0.05, 0.1) is 0 Å². The van der Waals surface area contributed by atoms with E-state index in [1.807, 2.05) is 0 Å². The summed E-state index contributed by atoms with van der Waals surface area (Å²) in [6, 6.07) is 21.3. The van der Waals surface area contributed by atoms with Crippen LogP contribution in [0.15, 0.2) is 54.6 Å². The number of hydrogen-bond acceptors (Lipinski definition) is 3. The molecule has 2 aromatic carbocycles. The van der Waals surface area contributed by atoms with Gasteiger partial charge in [-0.1, -0.05) is 42.5 Å². The number of fused-ring (bicyclic) bond motifs is 3. The van der Waals surface area contributed by atoms with Gasteiger partial charge in [-0.05, 0) is 75.0 Å². The van der Waals surface area contributed by atoms with Crippen molar-refractivity contribution in [3.8, 4) is 0 Å². The van der Waals surface area contributed by atoms with Gasteiger partial charge >= 0.3 is 0 Å². The van der Waals surface area contributed by atoms with E-state index in [9.17, 15) is 0 Å². The lowest BCUT2D eigenvalue weighted by molar-refractivity contribution is 0.218. The minimum atomic E-state index is 0.310. The van der Waals surface area contributed by atoms with Gasteiger partial charge in [-0.15, -0.1) is 0 Å². The molecule has 0 saturated carbocycles. The molecule has 3 heterocycles. The van der Waals surface area contributed by atoms with Gasteiger partial charge < -0.3 is 15.1 Å². The number of nitrogens with one attached hydrogen (secondary N) is 1. The van der Waals surface area contributed by atoms with Gasteiger partial charge in [-0.25, -0.2) is 0 Å². The third kappa shape index (κ3) is 2.63. The van der Waals surface area contributed by atoms with E-state index in [4.69, 9.17) is 0 Å². The van der Waals surface area contributed by atoms with E-state index < -0.39 is 0 Å². The van der Waals surface area contributed by atoms with Crippen molar-refractivity contribution in [3.05, 3.63) is 65.7 Å². The molecule has 0 aromatic heterocycles. The maximum Gasteiger partial charge on any atom is 0.0474 e. The summed E-state index contributed by atoms with van der Waals surface area (Å²) in [6.07, 6.45) is 5.12. The Balaban J connectivity index is 1.51. The molecule has 3 heteroatoms. The molecule has 3 aliphatic heterocycles. The average molecular weight is 388 g/mol. The second kappa shape index (κ2) is 6.85. The highest BCUT2D eigenvalue weighted by atomic mass is 15.3. The molecule has 3 fully saturated rings. The Morgan fingerprint density at radius 1 is 0.931 bits per heavy atom. The number of aryl methyl sites for hydroxylation is 1. The molecular weight excluding hydrogens is 354 g/mol. The summed E-state index contributed by atoms with van der Waals surface area (Å²) in [6.45, 7) is 4.83. The van der Waals surface area contributed by atoms with Crippen molar-refractivity contribution in [2.24, 2.45) is 11.8 Å². The van der Waals surface area contributed by atoms with Crippen molar-refractivity contribution in [2.75, 3.05) is 38.1 Å². The van der Waals surface area contributed by atoms with Crippen LogP contribution in [0.1, 0.15) is 36.3 Å². The molecule has 4 unspecified atom stereocenters. The Morgan fingerprint density at radius 3 is 2.52 bits per heavy atom. The van der Waals surface area contributed by atoms with Crippen molar-refractivity contribution in [1.82, 2.24) is 10.2 Å². The van der Waals surface area contributed by atoms with Gasteiger partial charge in [0.2, 0.25) is 0 Å². The van der Waals surface area contributed by atoms with Crippen molar-refractivity contribution >= 4 is 5.69 Å². The summed E-state index contributed by atoms with van der Waals surface area (Å²) in [5, 5.41) is 3.66. The molecule has 0 bridgehead atoms. The van der Waals surface area contributed by atoms with Crippen LogP contribution in [0.4, 0.5) is 5.69 Å². The zero-order valence-electron chi connectivity index (χ0n) is 17.6. The number of benzene rings is 2. The van der Waals surface area contributed by atoms with Crippen LogP contribution in [0, 0.1) is 11.8 Å². The summed E-state index contributed by atoms with van der Waals surface area (Å²) in [7, 11) is 2.35. The summed E-state index contributed by atoms with van der Waals surface area (Å²) in [5.74, 6) is 2.22. The quantitative estimate of drug-likeness (QED) is 0.843. The van der Waals surface area contributed by atoms with Crippen LogP contribution in [0.3, 0.4) is 0 Å². The lowest BCUT2D eigenvalue weighted by Crippen LogP contribution is -2.58. The third-order valence-corrected chi connectivity index (χ3v) is 8.55. The Labute approximate surface area is 175 Å². The number of hydrogen-bond donors (Lipinski definition) is 1. The predicted octanol–water partition coefficient (Wildman–Crippen LogP) is 3.91. The predicted molar refractivity (Wildman–Crippen MR) is 120 cm³/mol. The second-order valence-corrected chi connectivity index (χ2v) is 9.89. The summed E-state index contributed by atoms with van der Waals surface area (Å²) >= 11 is 0. The molecule has 152 valence electrons. The number of rotatable bonds is 2. The SMILES string of the molecule is CN1CC2C(C3CCc4ccccc43)N(c3ccccc3)C3(CCNCC3)C2C1. The number of anilines is 1. The van der Waals surface area contributed by atoms with Crippen molar-refractivity contribution in [3.63, 3.8) is 0 Å². The highest BCUT2D eigenvalue weighted by Crippen LogP contribution is 2.57. The van der Waals surface area contributed by atoms with Gasteiger partial charge in [0.15, 0.2) is 0 Å². The molecular formula is C26H33N3. The topological polar surface area (TPSA) is 18.5 Å². The fourth-order valence-electron chi connectivity index (χ4n) is 7.53. The zero-order valence-corrected chi connectivity index (χ0v) is 17.6. The lowest BCUT2D eigenvalue weighted by Gasteiger charge is -2.49. The van der Waals surface area contributed by atoms with Gasteiger partial charge in [0.25, 0.3) is 0 Å². The molecule has 29 heavy (non-hydrogen) atoms. The fourth-order valence-corrected chi connectivity index (χ4v) is 7.53. The lowest BCUT2D eigenvalue weighted by atomic mass is 9.74. The van der Waals surface area contributed by atoms with E-state index in [1.54, 1.807) is 11.1 Å². The highest BCUT2D eigenvalue weighted by molar-refractivity contribution is 5.56. The average Bonchev–Trinajstić information content (AvgIpc) is 3.42. The maximum absolute atomic E-state index is 3.66. The number of para-hydroxylation sites is 1. The molecule has 0 amide bonds. The van der Waals surface area contributed by atoms with Crippen LogP contribution in [0.25, 0.3) is 0 Å². The molecule has 2 aromatic rings. The number of nitrogens with zero attached hydrogens (tertiary/aromatic N) is 2. The molecule has 3 nitrogen and oxygen atoms in total. The Kier molecular flexibility index (Phi) is 4.25. The first-order valence-electron chi connectivity index (χ1n) is 11.6. The molecule has 6 rings (SSSR count). The molecule has 4 atom stereocenters. The monoisotopic (exact) mass is 387 g/mol. The Morgan fingerprint density at radius 2 is 1.69 bits per heavy atom. The number of piperidine rings is 1. The van der Waals surface area contributed by atoms with Crippen LogP contribution < -0.4 is 10.2 Å². The van der Waals surface area contributed by atoms with Crippen LogP contribution in [-0.2, 0) is 6.42 Å². The number of likely N-dealkylation sites (tertiary alicyclic amines) is 1. The first-order valence-corrected chi connectivity index (χ1v) is 11.6. The van der Waals surface area contributed by atoms with E-state index in [0.717, 1.165) is 24.9 Å². The molecule has 1 N–H and O–H groups in total. The van der Waals surface area contributed by atoms with Crippen LogP contribution in [0.2, 0.25) is 0 Å². The zero-order chi connectivity index (χ0) is 19.4. The fraction of sp³-hybridized carbons (Fsp3) is 0.538. The maximum atomic E-state index is 3.66. The van der Waals surface area contributed by atoms with E-state index in [1.165, 1.54) is 44.5 Å². The van der Waals surface area contributed by atoms with Gasteiger partial charge in [-0.2, -0.15) is 0 Å². The largest absolute Gasteiger partial charge is 0.361 e. The normalized spacial score (nSPS) is 33.2. The minimum absolute atomic E-state index is 0.310. The summed E-state index contributed by atoms with van der Waals surface area (Å²) in [5.41, 5.74) is 5.00. The highest BCUT2D eigenvalue weighted by Gasteiger charge is 2.62. The van der Waals surface area contributed by atoms with Crippen molar-refractivity contribution < 1.29 is 0 Å². The second-order valence-electron chi connectivity index (χ2n) is 9.89. The van der Waals surface area contributed by atoms with Gasteiger partial charge in [0.1, 0.15) is 0 Å². The third-order valence-electron chi connectivity index (χ3n) is 8.55. The van der Waals surface area contributed by atoms with Crippen LogP contribution >= 0.6 is 0 Å². The Hall–Kier alpha value is -1.84. The van der Waals surface area contributed by atoms with E-state index in [0.29, 0.717) is 17.5 Å². The van der Waals surface area contributed by atoms with Gasteiger partial charge in [0, 0.05) is 42.2 Å². The van der Waals surface area contributed by atoms with Crippen LogP contribution in [-0.4, -0.2) is 49.7 Å². The molecule has 0 radical (unpaired) electrons. The first-order chi connectivity index (χ1) is 14.3. The Bertz CT molecular complexity index is 873. The minimum Gasteiger partial charge on any atom is -0.361 e. The summed E-state index contributed by atoms with van der Waals surface area (Å²) in [4.78, 5) is 5.58. The molecule has 4 aliphatic rings. The molecule has 3 saturated heterocycles. The standard InChI is InChI=1S/C26H33N3/c1-28-17-23-24(18-28)26(13-15-27-16-14-26)29(20-8-3-2-4-9-20)25(23)22-12-11-19-7-5-6-10-21(19)22/h2-10,22-25,27H,11-18H2,1H3. The van der Waals surface area contributed by atoms with Crippen LogP contribution in [0.5, 0.6) is 0 Å². The first kappa shape index (κ1) is 18.0. The van der Waals surface area contributed by atoms with E-state index in [2.05, 4.69) is 76.8 Å². The molecule has 1 aliphatic carbocycles. The van der Waals surface area contributed by atoms with Crippen molar-refractivity contribution in [2.45, 2.75) is 43.2 Å². The molecule has 1 spiro atoms. The smallest absolute Gasteiger partial charge is 0.0474 e.